The Bertz CT molecular complexity index is 642. The maximum Gasteiger partial charge on any atom is 0.317 e. The lowest BCUT2D eigenvalue weighted by molar-refractivity contribution is 0.183. The van der Waals surface area contributed by atoms with Crippen molar-refractivity contribution >= 4 is 6.03 Å². The molecule has 27 heavy (non-hydrogen) atoms. The van der Waals surface area contributed by atoms with Gasteiger partial charge in [0.25, 0.3) is 0 Å². The summed E-state index contributed by atoms with van der Waals surface area (Å²) in [6.45, 7) is 7.89. The van der Waals surface area contributed by atoms with Crippen molar-refractivity contribution in [2.45, 2.75) is 39.2 Å². The Hall–Kier alpha value is -1.95. The number of nitrogens with zero attached hydrogens (tertiary/aromatic N) is 2. The lowest BCUT2D eigenvalue weighted by Gasteiger charge is -2.31. The van der Waals surface area contributed by atoms with Crippen LogP contribution in [0.3, 0.4) is 0 Å². The number of rotatable bonds is 6. The monoisotopic (exact) mass is 375 g/mol. The highest BCUT2D eigenvalue weighted by molar-refractivity contribution is 5.74. The molecule has 0 spiro atoms. The Morgan fingerprint density at radius 1 is 1.11 bits per heavy atom. The van der Waals surface area contributed by atoms with Crippen molar-refractivity contribution in [2.24, 2.45) is 5.92 Å². The van der Waals surface area contributed by atoms with Crippen LogP contribution < -0.4 is 14.8 Å². The van der Waals surface area contributed by atoms with E-state index in [1.54, 1.807) is 14.2 Å². The maximum absolute atomic E-state index is 12.5. The van der Waals surface area contributed by atoms with Crippen LogP contribution in [-0.2, 0) is 13.0 Å². The van der Waals surface area contributed by atoms with Crippen molar-refractivity contribution in [1.29, 1.82) is 0 Å². The van der Waals surface area contributed by atoms with Gasteiger partial charge in [-0.25, -0.2) is 4.79 Å². The first kappa shape index (κ1) is 19.8. The van der Waals surface area contributed by atoms with E-state index in [1.807, 2.05) is 17.0 Å². The van der Waals surface area contributed by atoms with E-state index in [4.69, 9.17) is 9.47 Å². The molecule has 3 rings (SSSR count). The molecular weight excluding hydrogens is 342 g/mol. The van der Waals surface area contributed by atoms with Gasteiger partial charge in [0, 0.05) is 19.6 Å². The average molecular weight is 376 g/mol. The number of carbonyl (C=O) groups is 1. The third kappa shape index (κ3) is 5.06. The Morgan fingerprint density at radius 2 is 1.78 bits per heavy atom. The summed E-state index contributed by atoms with van der Waals surface area (Å²) >= 11 is 0. The minimum Gasteiger partial charge on any atom is -0.493 e. The second kappa shape index (κ2) is 9.31. The van der Waals surface area contributed by atoms with Crippen molar-refractivity contribution in [3.63, 3.8) is 0 Å². The molecule has 0 radical (unpaired) electrons. The first-order valence-corrected chi connectivity index (χ1v) is 10.1. The first-order chi connectivity index (χ1) is 13.1. The van der Waals surface area contributed by atoms with Crippen LogP contribution in [0.2, 0.25) is 0 Å². The Balaban J connectivity index is 1.45. The number of hydrogen-bond donors (Lipinski definition) is 1. The predicted molar refractivity (Wildman–Crippen MR) is 107 cm³/mol. The molecule has 1 fully saturated rings. The van der Waals surface area contributed by atoms with Crippen LogP contribution in [0.4, 0.5) is 4.79 Å². The molecule has 1 aromatic carbocycles. The summed E-state index contributed by atoms with van der Waals surface area (Å²) in [5, 5.41) is 3.09. The molecule has 1 N–H and O–H groups in total. The molecule has 0 bridgehead atoms. The van der Waals surface area contributed by atoms with Gasteiger partial charge in [-0.2, -0.15) is 0 Å². The molecule has 0 aromatic heterocycles. The van der Waals surface area contributed by atoms with Crippen molar-refractivity contribution in [1.82, 2.24) is 15.1 Å². The number of nitrogens with one attached hydrogen (secondary N) is 1. The highest BCUT2D eigenvalue weighted by atomic mass is 16.5. The van der Waals surface area contributed by atoms with E-state index in [-0.39, 0.29) is 6.03 Å². The summed E-state index contributed by atoms with van der Waals surface area (Å²) in [6, 6.07) is 4.05. The zero-order valence-electron chi connectivity index (χ0n) is 16.9. The van der Waals surface area contributed by atoms with E-state index in [0.717, 1.165) is 49.7 Å². The second-order valence-electron chi connectivity index (χ2n) is 7.76. The van der Waals surface area contributed by atoms with Gasteiger partial charge in [0.1, 0.15) is 0 Å². The molecule has 2 aliphatic rings. The molecule has 0 aliphatic carbocycles. The number of likely N-dealkylation sites (tertiary alicyclic amines) is 1. The molecule has 0 saturated carbocycles. The number of methoxy groups -OCH3 is 2. The third-order valence-corrected chi connectivity index (χ3v) is 5.81. The number of urea groups is 1. The number of ether oxygens (including phenoxy) is 2. The molecule has 2 amide bonds. The molecule has 0 atom stereocenters. The van der Waals surface area contributed by atoms with E-state index >= 15 is 0 Å². The predicted octanol–water partition coefficient (Wildman–Crippen LogP) is 2.89. The molecule has 1 saturated heterocycles. The first-order valence-electron chi connectivity index (χ1n) is 10.1. The fraction of sp³-hybridized carbons (Fsp3) is 0.667. The van der Waals surface area contributed by atoms with Gasteiger partial charge in [0.15, 0.2) is 11.5 Å². The standard InChI is InChI=1S/C21H33N3O3/c1-16-5-10-23(11-6-16)9-4-8-22-21(25)24-12-7-17-13-19(26-2)20(27-3)14-18(17)15-24/h13-14,16H,4-12,15H2,1-3H3,(H,22,25). The minimum absolute atomic E-state index is 0.0303. The van der Waals surface area contributed by atoms with Gasteiger partial charge in [-0.3, -0.25) is 0 Å². The lowest BCUT2D eigenvalue weighted by Crippen LogP contribution is -2.43. The largest absolute Gasteiger partial charge is 0.493 e. The van der Waals surface area contributed by atoms with E-state index in [2.05, 4.69) is 17.1 Å². The van der Waals surface area contributed by atoms with Gasteiger partial charge in [-0.15, -0.1) is 0 Å². The summed E-state index contributed by atoms with van der Waals surface area (Å²) in [7, 11) is 3.29. The smallest absolute Gasteiger partial charge is 0.317 e. The van der Waals surface area contributed by atoms with Crippen molar-refractivity contribution in [3.8, 4) is 11.5 Å². The molecular formula is C21H33N3O3. The van der Waals surface area contributed by atoms with Gasteiger partial charge < -0.3 is 24.6 Å². The number of carbonyl (C=O) groups excluding carboxylic acids is 1. The normalized spacial score (nSPS) is 18.1. The summed E-state index contributed by atoms with van der Waals surface area (Å²) in [4.78, 5) is 16.9. The minimum atomic E-state index is 0.0303. The zero-order chi connectivity index (χ0) is 19.2. The third-order valence-electron chi connectivity index (χ3n) is 5.81. The van der Waals surface area contributed by atoms with E-state index in [1.165, 1.54) is 31.5 Å². The number of amides is 2. The maximum atomic E-state index is 12.5. The molecule has 6 heteroatoms. The molecule has 1 aromatic rings. The SMILES string of the molecule is COc1cc2c(cc1OC)CN(C(=O)NCCCN1CCC(C)CC1)CC2. The number of fused-ring (bicyclic) bond motifs is 1. The van der Waals surface area contributed by atoms with Crippen molar-refractivity contribution in [3.05, 3.63) is 23.3 Å². The molecule has 150 valence electrons. The summed E-state index contributed by atoms with van der Waals surface area (Å²) in [6.07, 6.45) is 4.45. The van der Waals surface area contributed by atoms with Crippen LogP contribution in [0, 0.1) is 5.92 Å². The van der Waals surface area contributed by atoms with Crippen LogP contribution in [-0.4, -0.2) is 62.8 Å². The van der Waals surface area contributed by atoms with Crippen LogP contribution in [0.25, 0.3) is 0 Å². The highest BCUT2D eigenvalue weighted by Gasteiger charge is 2.22. The fourth-order valence-corrected chi connectivity index (χ4v) is 3.95. The summed E-state index contributed by atoms with van der Waals surface area (Å²) in [5.41, 5.74) is 2.37. The Labute approximate surface area is 162 Å². The van der Waals surface area contributed by atoms with Crippen molar-refractivity contribution in [2.75, 3.05) is 46.9 Å². The van der Waals surface area contributed by atoms with Crippen LogP contribution in [0.1, 0.15) is 37.3 Å². The van der Waals surface area contributed by atoms with Gasteiger partial charge >= 0.3 is 6.03 Å². The quantitative estimate of drug-likeness (QED) is 0.777. The highest BCUT2D eigenvalue weighted by Crippen LogP contribution is 2.33. The van der Waals surface area contributed by atoms with Gasteiger partial charge in [0.05, 0.1) is 14.2 Å². The topological polar surface area (TPSA) is 54.0 Å². The number of piperidine rings is 1. The van der Waals surface area contributed by atoms with E-state index in [0.29, 0.717) is 12.3 Å². The molecule has 2 aliphatic heterocycles. The van der Waals surface area contributed by atoms with Crippen LogP contribution in [0.15, 0.2) is 12.1 Å². The molecule has 6 nitrogen and oxygen atoms in total. The summed E-state index contributed by atoms with van der Waals surface area (Å²) in [5.74, 6) is 2.33. The van der Waals surface area contributed by atoms with Gasteiger partial charge in [-0.05, 0) is 74.5 Å². The molecule has 2 heterocycles. The van der Waals surface area contributed by atoms with Crippen LogP contribution >= 0.6 is 0 Å². The lowest BCUT2D eigenvalue weighted by atomic mass is 9.99. The second-order valence-corrected chi connectivity index (χ2v) is 7.76. The van der Waals surface area contributed by atoms with E-state index < -0.39 is 0 Å². The fourth-order valence-electron chi connectivity index (χ4n) is 3.95. The zero-order valence-corrected chi connectivity index (χ0v) is 16.9. The molecule has 0 unspecified atom stereocenters. The van der Waals surface area contributed by atoms with Crippen molar-refractivity contribution < 1.29 is 14.3 Å². The van der Waals surface area contributed by atoms with Crippen LogP contribution in [0.5, 0.6) is 11.5 Å². The number of hydrogen-bond acceptors (Lipinski definition) is 4. The summed E-state index contributed by atoms with van der Waals surface area (Å²) < 4.78 is 10.8. The Kier molecular flexibility index (Phi) is 6.83. The van der Waals surface area contributed by atoms with Gasteiger partial charge in [-0.1, -0.05) is 6.92 Å². The van der Waals surface area contributed by atoms with E-state index in [9.17, 15) is 4.79 Å². The number of benzene rings is 1. The van der Waals surface area contributed by atoms with Gasteiger partial charge in [0.2, 0.25) is 0 Å². The average Bonchev–Trinajstić information content (AvgIpc) is 2.70. The Morgan fingerprint density at radius 3 is 2.44 bits per heavy atom.